The molecule has 336 valence electrons. The molecule has 0 bridgehead atoms. The Morgan fingerprint density at radius 1 is 0.951 bits per heavy atom. The van der Waals surface area contributed by atoms with Gasteiger partial charge in [-0.2, -0.15) is 0 Å². The van der Waals surface area contributed by atoms with Crippen LogP contribution in [0.4, 0.5) is 5.69 Å². The predicted octanol–water partition coefficient (Wildman–Crippen LogP) is 10.8. The number of nitrogens with zero attached hydrogens (tertiary/aromatic N) is 3. The third-order valence-corrected chi connectivity index (χ3v) is 12.8. The zero-order valence-corrected chi connectivity index (χ0v) is 36.9. The number of allylic oxidation sites excluding steroid dienone is 1. The van der Waals surface area contributed by atoms with E-state index in [0.29, 0.717) is 49.5 Å². The molecule has 1 saturated carbocycles. The minimum Gasteiger partial charge on any atom is -0.459 e. The van der Waals surface area contributed by atoms with Gasteiger partial charge in [-0.05, 0) is 80.2 Å². The average Bonchev–Trinajstić information content (AvgIpc) is 3.26. The van der Waals surface area contributed by atoms with Gasteiger partial charge < -0.3 is 34.2 Å². The van der Waals surface area contributed by atoms with Crippen molar-refractivity contribution in [3.63, 3.8) is 0 Å². The standard InChI is InChI=1S/C49H71N3O9/c1-5-8-9-10-11-12-13-14-15-25-46(55)51(28-6-2)45-35-43(50-58-4)41-32-36(21-16-18-29-53)40(24-17-19-30-54)47-42-34-39(60-38-23-20-22-37(33-38)52(56)57)26-27-44(42)61-49(45,48(41)47)59-31-7-3/h7,20,22-23,26-27,32-34,36,40,45,47-48,53-54H,3,5-6,8-19,21,24-25,28-31,35H2,1-2,4H3. The number of ether oxygens (including phenoxy) is 3. The maximum atomic E-state index is 14.6. The second kappa shape index (κ2) is 24.4. The van der Waals surface area contributed by atoms with Crippen LogP contribution < -0.4 is 9.47 Å². The van der Waals surface area contributed by atoms with Crippen LogP contribution in [-0.4, -0.2) is 77.0 Å². The molecule has 1 heterocycles. The van der Waals surface area contributed by atoms with Crippen molar-refractivity contribution in [1.82, 2.24) is 4.90 Å². The normalized spacial score (nSPS) is 23.3. The number of nitro groups is 1. The first-order chi connectivity index (χ1) is 29.8. The van der Waals surface area contributed by atoms with Crippen LogP contribution in [0.5, 0.6) is 17.2 Å². The highest BCUT2D eigenvalue weighted by Crippen LogP contribution is 2.62. The minimum atomic E-state index is -1.32. The van der Waals surface area contributed by atoms with Crippen LogP contribution in [0.15, 0.2) is 71.9 Å². The van der Waals surface area contributed by atoms with E-state index in [1.165, 1.54) is 50.7 Å². The average molecular weight is 846 g/mol. The van der Waals surface area contributed by atoms with Gasteiger partial charge in [0.1, 0.15) is 30.4 Å². The maximum absolute atomic E-state index is 14.6. The van der Waals surface area contributed by atoms with Gasteiger partial charge in [0.2, 0.25) is 11.7 Å². The van der Waals surface area contributed by atoms with E-state index in [0.717, 1.165) is 68.2 Å². The number of nitro benzene ring substituents is 1. The molecule has 0 radical (unpaired) electrons. The highest BCUT2D eigenvalue weighted by molar-refractivity contribution is 6.03. The fraction of sp³-hybridized carbons (Fsp3) is 0.633. The number of non-ortho nitro benzene ring substituents is 1. The molecular weight excluding hydrogens is 775 g/mol. The minimum absolute atomic E-state index is 0.0567. The van der Waals surface area contributed by atoms with Gasteiger partial charge in [-0.25, -0.2) is 0 Å². The Morgan fingerprint density at radius 3 is 2.33 bits per heavy atom. The molecule has 2 aliphatic carbocycles. The smallest absolute Gasteiger partial charge is 0.273 e. The Kier molecular flexibility index (Phi) is 19.1. The number of hydrogen-bond donors (Lipinski definition) is 2. The molecule has 2 N–H and O–H groups in total. The Hall–Kier alpha value is -4.26. The molecule has 12 nitrogen and oxygen atoms in total. The lowest BCUT2D eigenvalue weighted by Crippen LogP contribution is -2.70. The van der Waals surface area contributed by atoms with Crippen molar-refractivity contribution in [2.24, 2.45) is 22.9 Å². The maximum Gasteiger partial charge on any atom is 0.273 e. The summed E-state index contributed by atoms with van der Waals surface area (Å²) in [6.07, 6.45) is 20.7. The molecule has 0 spiro atoms. The van der Waals surface area contributed by atoms with Crippen LogP contribution >= 0.6 is 0 Å². The van der Waals surface area contributed by atoms with Gasteiger partial charge in [0, 0.05) is 50.1 Å². The number of oxime groups is 1. The number of carbonyl (C=O) groups excluding carboxylic acids is 1. The summed E-state index contributed by atoms with van der Waals surface area (Å²) in [4.78, 5) is 33.4. The van der Waals surface area contributed by atoms with E-state index in [1.54, 1.807) is 25.3 Å². The summed E-state index contributed by atoms with van der Waals surface area (Å²) < 4.78 is 20.7. The fourth-order valence-electron chi connectivity index (χ4n) is 10.0. The largest absolute Gasteiger partial charge is 0.459 e. The highest BCUT2D eigenvalue weighted by atomic mass is 16.7. The van der Waals surface area contributed by atoms with E-state index in [-0.39, 0.29) is 49.2 Å². The van der Waals surface area contributed by atoms with Gasteiger partial charge in [-0.1, -0.05) is 101 Å². The van der Waals surface area contributed by atoms with E-state index < -0.39 is 22.7 Å². The number of fused-ring (bicyclic) bond motifs is 2. The molecule has 5 rings (SSSR count). The molecule has 1 aliphatic heterocycles. The van der Waals surface area contributed by atoms with E-state index in [4.69, 9.17) is 24.2 Å². The van der Waals surface area contributed by atoms with Gasteiger partial charge in [-0.15, -0.1) is 6.58 Å². The SMILES string of the molecule is C=CCOC12Oc3ccc(Oc4cccc([N+](=O)[O-])c4)cc3C3C(CCCCO)C(CCCCO)C=C(C(=NOC)CC1N(CCC)C(=O)CCCCCCCCCCC)C32. The Bertz CT molecular complexity index is 1780. The number of aliphatic hydroxyl groups excluding tert-OH is 2. The number of unbranched alkanes of at least 4 members (excludes halogenated alkanes) is 10. The van der Waals surface area contributed by atoms with Crippen LogP contribution in [0.25, 0.3) is 0 Å². The Labute approximate surface area is 363 Å². The number of hydrogen-bond acceptors (Lipinski definition) is 10. The molecular formula is C49H71N3O9. The molecule has 6 unspecified atom stereocenters. The summed E-state index contributed by atoms with van der Waals surface area (Å²) >= 11 is 0. The van der Waals surface area contributed by atoms with E-state index in [1.807, 2.05) is 23.1 Å². The monoisotopic (exact) mass is 846 g/mol. The Morgan fingerprint density at radius 2 is 1.66 bits per heavy atom. The van der Waals surface area contributed by atoms with Crippen molar-refractivity contribution >= 4 is 17.3 Å². The Balaban J connectivity index is 1.62. The number of benzene rings is 2. The zero-order valence-electron chi connectivity index (χ0n) is 36.9. The lowest BCUT2D eigenvalue weighted by Gasteiger charge is -2.60. The molecule has 3 aliphatic rings. The molecule has 6 atom stereocenters. The third-order valence-electron chi connectivity index (χ3n) is 12.8. The third kappa shape index (κ3) is 12.0. The van der Waals surface area contributed by atoms with Crippen LogP contribution in [-0.2, 0) is 14.4 Å². The van der Waals surface area contributed by atoms with Crippen LogP contribution in [0.1, 0.15) is 141 Å². The summed E-state index contributed by atoms with van der Waals surface area (Å²) in [6, 6.07) is 11.3. The topological polar surface area (TPSA) is 153 Å². The first-order valence-corrected chi connectivity index (χ1v) is 23.1. The molecule has 1 amide bonds. The predicted molar refractivity (Wildman–Crippen MR) is 239 cm³/mol. The second-order valence-electron chi connectivity index (χ2n) is 17.0. The van der Waals surface area contributed by atoms with Crippen molar-refractivity contribution in [1.29, 1.82) is 0 Å². The lowest BCUT2D eigenvalue weighted by molar-refractivity contribution is -0.384. The highest BCUT2D eigenvalue weighted by Gasteiger charge is 2.65. The van der Waals surface area contributed by atoms with Crippen molar-refractivity contribution in [3.05, 3.63) is 82.4 Å². The van der Waals surface area contributed by atoms with Crippen molar-refractivity contribution in [3.8, 4) is 17.2 Å². The van der Waals surface area contributed by atoms with Gasteiger partial charge in [0.05, 0.1) is 29.2 Å². The number of aliphatic hydroxyl groups is 2. The lowest BCUT2D eigenvalue weighted by atomic mass is 9.55. The van der Waals surface area contributed by atoms with E-state index >= 15 is 0 Å². The molecule has 2 aromatic carbocycles. The van der Waals surface area contributed by atoms with Crippen molar-refractivity contribution in [2.75, 3.05) is 33.5 Å². The molecule has 0 aromatic heterocycles. The van der Waals surface area contributed by atoms with Crippen molar-refractivity contribution in [2.45, 2.75) is 147 Å². The quantitative estimate of drug-likeness (QED) is 0.0369. The van der Waals surface area contributed by atoms with Gasteiger partial charge >= 0.3 is 0 Å². The second-order valence-corrected chi connectivity index (χ2v) is 17.0. The van der Waals surface area contributed by atoms with Gasteiger partial charge in [0.15, 0.2) is 0 Å². The molecule has 61 heavy (non-hydrogen) atoms. The first-order valence-electron chi connectivity index (χ1n) is 23.1. The first kappa shape index (κ1) is 47.8. The molecule has 0 saturated heterocycles. The van der Waals surface area contributed by atoms with E-state index in [2.05, 4.69) is 26.5 Å². The fourth-order valence-corrected chi connectivity index (χ4v) is 10.0. The molecule has 12 heteroatoms. The number of amides is 1. The van der Waals surface area contributed by atoms with Gasteiger partial charge in [-0.3, -0.25) is 14.9 Å². The summed E-state index contributed by atoms with van der Waals surface area (Å²) in [5, 5.41) is 36.1. The van der Waals surface area contributed by atoms with Gasteiger partial charge in [0.25, 0.3) is 5.69 Å². The number of rotatable bonds is 28. The van der Waals surface area contributed by atoms with E-state index in [9.17, 15) is 25.1 Å². The van der Waals surface area contributed by atoms with Crippen molar-refractivity contribution < 1.29 is 39.0 Å². The molecule has 2 aromatic rings. The van der Waals surface area contributed by atoms with Crippen LogP contribution in [0, 0.1) is 27.9 Å². The van der Waals surface area contributed by atoms with Crippen LogP contribution in [0.2, 0.25) is 0 Å². The summed E-state index contributed by atoms with van der Waals surface area (Å²) in [5.74, 6) is -0.259. The summed E-state index contributed by atoms with van der Waals surface area (Å²) in [6.45, 7) is 9.26. The molecule has 1 fully saturated rings. The zero-order chi connectivity index (χ0) is 43.6. The summed E-state index contributed by atoms with van der Waals surface area (Å²) in [5.41, 5.74) is 2.58. The number of carbonyl (C=O) groups is 1. The summed E-state index contributed by atoms with van der Waals surface area (Å²) in [7, 11) is 1.55. The van der Waals surface area contributed by atoms with Crippen LogP contribution in [0.3, 0.4) is 0 Å².